The molecule has 1 N–H and O–H groups in total. The van der Waals surface area contributed by atoms with E-state index in [0.29, 0.717) is 30.5 Å². The Morgan fingerprint density at radius 3 is 2.50 bits per heavy atom. The molecule has 112 valence electrons. The third-order valence-electron chi connectivity index (χ3n) is 3.46. The summed E-state index contributed by atoms with van der Waals surface area (Å²) < 4.78 is 33.0. The van der Waals surface area contributed by atoms with Crippen LogP contribution in [0.4, 0.5) is 8.78 Å². The van der Waals surface area contributed by atoms with Crippen LogP contribution in [0.1, 0.15) is 31.2 Å². The molecule has 0 unspecified atom stereocenters. The highest BCUT2D eigenvalue weighted by Gasteiger charge is 2.20. The van der Waals surface area contributed by atoms with Gasteiger partial charge in [-0.3, -0.25) is 0 Å². The average Bonchev–Trinajstić information content (AvgIpc) is 2.92. The van der Waals surface area contributed by atoms with E-state index >= 15 is 0 Å². The van der Waals surface area contributed by atoms with E-state index in [9.17, 15) is 8.78 Å². The molecule has 0 heterocycles. The molecule has 1 aromatic carbocycles. The molecule has 0 saturated heterocycles. The number of thioether (sulfide) groups is 1. The second-order valence-corrected chi connectivity index (χ2v) is 6.39. The van der Waals surface area contributed by atoms with Crippen molar-refractivity contribution in [1.29, 1.82) is 0 Å². The second kappa shape index (κ2) is 7.96. The number of rotatable bonds is 7. The van der Waals surface area contributed by atoms with Crippen molar-refractivity contribution in [3.8, 4) is 0 Å². The van der Waals surface area contributed by atoms with Gasteiger partial charge in [-0.05, 0) is 30.5 Å². The van der Waals surface area contributed by atoms with Gasteiger partial charge in [0.25, 0.3) is 0 Å². The summed E-state index contributed by atoms with van der Waals surface area (Å²) in [5, 5.41) is 3.45. The maximum absolute atomic E-state index is 14.0. The third kappa shape index (κ3) is 4.43. The van der Waals surface area contributed by atoms with Crippen molar-refractivity contribution < 1.29 is 13.5 Å². The molecule has 1 aliphatic rings. The van der Waals surface area contributed by atoms with Crippen molar-refractivity contribution in [2.24, 2.45) is 0 Å². The molecule has 0 amide bonds. The number of ether oxygens (including phenoxy) is 1. The van der Waals surface area contributed by atoms with Crippen LogP contribution in [0.5, 0.6) is 0 Å². The predicted molar refractivity (Wildman–Crippen MR) is 78.1 cm³/mol. The van der Waals surface area contributed by atoms with Gasteiger partial charge < -0.3 is 10.1 Å². The first-order valence-electron chi connectivity index (χ1n) is 7.05. The minimum Gasteiger partial charge on any atom is -0.383 e. The molecule has 1 fully saturated rings. The Labute approximate surface area is 123 Å². The Balaban J connectivity index is 1.96. The van der Waals surface area contributed by atoms with Gasteiger partial charge >= 0.3 is 0 Å². The van der Waals surface area contributed by atoms with Gasteiger partial charge in [0.1, 0.15) is 11.6 Å². The maximum Gasteiger partial charge on any atom is 0.140 e. The van der Waals surface area contributed by atoms with E-state index in [-0.39, 0.29) is 4.90 Å². The second-order valence-electron chi connectivity index (χ2n) is 5.08. The topological polar surface area (TPSA) is 21.3 Å². The van der Waals surface area contributed by atoms with Crippen LogP contribution in [-0.2, 0) is 11.3 Å². The first-order chi connectivity index (χ1) is 9.70. The van der Waals surface area contributed by atoms with E-state index in [4.69, 9.17) is 4.74 Å². The summed E-state index contributed by atoms with van der Waals surface area (Å²) in [7, 11) is 1.62. The molecule has 1 aromatic rings. The average molecular weight is 301 g/mol. The van der Waals surface area contributed by atoms with Crippen LogP contribution >= 0.6 is 11.8 Å². The molecular weight excluding hydrogens is 280 g/mol. The fourth-order valence-electron chi connectivity index (χ4n) is 2.41. The molecule has 0 spiro atoms. The fraction of sp³-hybridized carbons (Fsp3) is 0.600. The number of methoxy groups -OCH3 is 1. The number of hydrogen-bond acceptors (Lipinski definition) is 3. The lowest BCUT2D eigenvalue weighted by atomic mass is 10.2. The van der Waals surface area contributed by atoms with Crippen LogP contribution in [0.3, 0.4) is 0 Å². The maximum atomic E-state index is 14.0. The van der Waals surface area contributed by atoms with Gasteiger partial charge in [0.2, 0.25) is 0 Å². The standard InChI is InChI=1S/C15H21F2NOS/c1-19-7-6-18-10-11-8-13(16)15(14(17)9-11)20-12-4-2-3-5-12/h8-9,12,18H,2-7,10H2,1H3. The molecule has 2 rings (SSSR count). The molecular formula is C15H21F2NOS. The number of halogens is 2. The molecule has 5 heteroatoms. The zero-order valence-electron chi connectivity index (χ0n) is 11.8. The third-order valence-corrected chi connectivity index (χ3v) is 4.89. The zero-order valence-corrected chi connectivity index (χ0v) is 12.6. The van der Waals surface area contributed by atoms with Gasteiger partial charge in [-0.2, -0.15) is 0 Å². The molecule has 0 aliphatic heterocycles. The lowest BCUT2D eigenvalue weighted by molar-refractivity contribution is 0.199. The highest BCUT2D eigenvalue weighted by atomic mass is 32.2. The number of hydrogen-bond donors (Lipinski definition) is 1. The summed E-state index contributed by atoms with van der Waals surface area (Å²) in [5.74, 6) is -0.879. The van der Waals surface area contributed by atoms with Crippen LogP contribution in [0.25, 0.3) is 0 Å². The van der Waals surface area contributed by atoms with Crippen molar-refractivity contribution in [2.45, 2.75) is 42.4 Å². The van der Waals surface area contributed by atoms with Crippen LogP contribution in [0, 0.1) is 11.6 Å². The summed E-state index contributed by atoms with van der Waals surface area (Å²) in [6, 6.07) is 2.86. The Kier molecular flexibility index (Phi) is 6.26. The van der Waals surface area contributed by atoms with E-state index < -0.39 is 11.6 Å². The van der Waals surface area contributed by atoms with E-state index in [1.807, 2.05) is 0 Å². The summed E-state index contributed by atoms with van der Waals surface area (Å²) in [6.45, 7) is 1.70. The van der Waals surface area contributed by atoms with Crippen molar-refractivity contribution in [3.63, 3.8) is 0 Å². The normalized spacial score (nSPS) is 15.9. The SMILES string of the molecule is COCCNCc1cc(F)c(SC2CCCC2)c(F)c1. The Morgan fingerprint density at radius 1 is 1.25 bits per heavy atom. The Bertz CT molecular complexity index is 413. The minimum absolute atomic E-state index is 0.178. The summed E-state index contributed by atoms with van der Waals surface area (Å²) in [6.07, 6.45) is 4.46. The van der Waals surface area contributed by atoms with Crippen molar-refractivity contribution in [3.05, 3.63) is 29.3 Å². The van der Waals surface area contributed by atoms with Gasteiger partial charge in [-0.1, -0.05) is 12.8 Å². The van der Waals surface area contributed by atoms with Crippen molar-refractivity contribution >= 4 is 11.8 Å². The fourth-order valence-corrected chi connectivity index (χ4v) is 3.65. The molecule has 20 heavy (non-hydrogen) atoms. The quantitative estimate of drug-likeness (QED) is 0.775. The van der Waals surface area contributed by atoms with Crippen LogP contribution in [-0.4, -0.2) is 25.5 Å². The van der Waals surface area contributed by atoms with E-state index in [1.165, 1.54) is 36.7 Å². The van der Waals surface area contributed by atoms with Gasteiger partial charge in [-0.15, -0.1) is 11.8 Å². The smallest absolute Gasteiger partial charge is 0.140 e. The largest absolute Gasteiger partial charge is 0.383 e. The van der Waals surface area contributed by atoms with Crippen molar-refractivity contribution in [1.82, 2.24) is 5.32 Å². The Hall–Kier alpha value is -0.650. The van der Waals surface area contributed by atoms with E-state index in [0.717, 1.165) is 12.8 Å². The lowest BCUT2D eigenvalue weighted by Gasteiger charge is -2.12. The Morgan fingerprint density at radius 2 is 1.90 bits per heavy atom. The van der Waals surface area contributed by atoms with Crippen LogP contribution < -0.4 is 5.32 Å². The zero-order chi connectivity index (χ0) is 14.4. The molecule has 0 atom stereocenters. The molecule has 0 radical (unpaired) electrons. The lowest BCUT2D eigenvalue weighted by Crippen LogP contribution is -2.18. The molecule has 1 saturated carbocycles. The van der Waals surface area contributed by atoms with Gasteiger partial charge in [0, 0.05) is 25.4 Å². The van der Waals surface area contributed by atoms with E-state index in [2.05, 4.69) is 5.32 Å². The number of nitrogens with one attached hydrogen (secondary N) is 1. The van der Waals surface area contributed by atoms with Gasteiger partial charge in [0.15, 0.2) is 0 Å². The monoisotopic (exact) mass is 301 g/mol. The van der Waals surface area contributed by atoms with Crippen molar-refractivity contribution in [2.75, 3.05) is 20.3 Å². The summed E-state index contributed by atoms with van der Waals surface area (Å²) in [4.78, 5) is 0.178. The minimum atomic E-state index is -0.439. The van der Waals surface area contributed by atoms with Gasteiger partial charge in [-0.25, -0.2) is 8.78 Å². The number of benzene rings is 1. The molecule has 2 nitrogen and oxygen atoms in total. The summed E-state index contributed by atoms with van der Waals surface area (Å²) in [5.41, 5.74) is 0.631. The molecule has 0 bridgehead atoms. The molecule has 0 aromatic heterocycles. The highest BCUT2D eigenvalue weighted by Crippen LogP contribution is 2.37. The first kappa shape index (κ1) is 15.7. The highest BCUT2D eigenvalue weighted by molar-refractivity contribution is 8.00. The summed E-state index contributed by atoms with van der Waals surface area (Å²) >= 11 is 1.35. The van der Waals surface area contributed by atoms with Crippen LogP contribution in [0.15, 0.2) is 17.0 Å². The predicted octanol–water partition coefficient (Wildman–Crippen LogP) is 3.74. The van der Waals surface area contributed by atoms with E-state index in [1.54, 1.807) is 7.11 Å². The molecule has 1 aliphatic carbocycles. The van der Waals surface area contributed by atoms with Gasteiger partial charge in [0.05, 0.1) is 11.5 Å². The first-order valence-corrected chi connectivity index (χ1v) is 7.93. The van der Waals surface area contributed by atoms with Crippen LogP contribution in [0.2, 0.25) is 0 Å².